The predicted molar refractivity (Wildman–Crippen MR) is 57.0 cm³/mol. The summed E-state index contributed by atoms with van der Waals surface area (Å²) in [6.07, 6.45) is 0. The molecule has 0 radical (unpaired) electrons. The van der Waals surface area contributed by atoms with Crippen molar-refractivity contribution in [1.29, 1.82) is 0 Å². The van der Waals surface area contributed by atoms with Crippen LogP contribution in [0.15, 0.2) is 24.3 Å². The van der Waals surface area contributed by atoms with Crippen LogP contribution in [0.5, 0.6) is 0 Å². The summed E-state index contributed by atoms with van der Waals surface area (Å²) < 4.78 is 0. The molecular formula is C7H11Cl2N3O. The quantitative estimate of drug-likeness (QED) is 0.284. The van der Waals surface area contributed by atoms with Gasteiger partial charge in [-0.15, -0.1) is 24.8 Å². The van der Waals surface area contributed by atoms with Crippen LogP contribution in [0.2, 0.25) is 0 Å². The summed E-state index contributed by atoms with van der Waals surface area (Å²) in [5, 5.41) is 0. The molecule has 0 aliphatic heterocycles. The van der Waals surface area contributed by atoms with Crippen LogP contribution in [-0.4, -0.2) is 5.91 Å². The summed E-state index contributed by atoms with van der Waals surface area (Å²) in [5.74, 6) is 4.58. The summed E-state index contributed by atoms with van der Waals surface area (Å²) in [6.45, 7) is 0. The van der Waals surface area contributed by atoms with Crippen molar-refractivity contribution in [2.75, 3.05) is 5.73 Å². The van der Waals surface area contributed by atoms with Gasteiger partial charge in [-0.3, -0.25) is 10.2 Å². The highest BCUT2D eigenvalue weighted by atomic mass is 35.5. The lowest BCUT2D eigenvalue weighted by Gasteiger charge is -1.98. The summed E-state index contributed by atoms with van der Waals surface area (Å²) in [6, 6.07) is 6.59. The fourth-order valence-electron chi connectivity index (χ4n) is 0.763. The van der Waals surface area contributed by atoms with Crippen molar-refractivity contribution in [1.82, 2.24) is 5.43 Å². The average Bonchev–Trinajstić information content (AvgIpc) is 2.03. The fraction of sp³-hybridized carbons (Fsp3) is 0. The number of carbonyl (C=O) groups is 1. The fourth-order valence-corrected chi connectivity index (χ4v) is 0.763. The van der Waals surface area contributed by atoms with Crippen molar-refractivity contribution in [3.05, 3.63) is 29.8 Å². The molecule has 0 bridgehead atoms. The van der Waals surface area contributed by atoms with Gasteiger partial charge in [-0.05, 0) is 18.2 Å². The second kappa shape index (κ2) is 6.54. The number of nitrogen functional groups attached to an aromatic ring is 2. The van der Waals surface area contributed by atoms with Crippen molar-refractivity contribution < 1.29 is 4.79 Å². The van der Waals surface area contributed by atoms with E-state index in [1.165, 1.54) is 0 Å². The molecular weight excluding hydrogens is 213 g/mol. The van der Waals surface area contributed by atoms with E-state index in [1.54, 1.807) is 24.3 Å². The Kier molecular flexibility index (Phi) is 7.31. The first kappa shape index (κ1) is 14.5. The van der Waals surface area contributed by atoms with E-state index in [9.17, 15) is 4.79 Å². The molecule has 0 saturated carbocycles. The minimum atomic E-state index is -0.336. The summed E-state index contributed by atoms with van der Waals surface area (Å²) in [5.41, 5.74) is 8.46. The number of halogens is 2. The van der Waals surface area contributed by atoms with Gasteiger partial charge in [-0.2, -0.15) is 0 Å². The summed E-state index contributed by atoms with van der Waals surface area (Å²) >= 11 is 0. The van der Waals surface area contributed by atoms with Gasteiger partial charge in [0.05, 0.1) is 0 Å². The molecule has 0 saturated heterocycles. The molecule has 6 heteroatoms. The molecule has 1 aromatic rings. The molecule has 74 valence electrons. The lowest BCUT2D eigenvalue weighted by atomic mass is 10.2. The van der Waals surface area contributed by atoms with E-state index in [0.717, 1.165) is 0 Å². The number of amides is 1. The molecule has 0 unspecified atom stereocenters. The van der Waals surface area contributed by atoms with Crippen LogP contribution in [0.3, 0.4) is 0 Å². The van der Waals surface area contributed by atoms with Crippen LogP contribution in [0.4, 0.5) is 5.69 Å². The molecule has 0 heterocycles. The molecule has 4 nitrogen and oxygen atoms in total. The van der Waals surface area contributed by atoms with Crippen LogP contribution in [0, 0.1) is 0 Å². The van der Waals surface area contributed by atoms with Gasteiger partial charge in [-0.1, -0.05) is 6.07 Å². The maximum absolute atomic E-state index is 10.9. The molecule has 0 fully saturated rings. The molecule has 5 N–H and O–H groups in total. The topological polar surface area (TPSA) is 81.1 Å². The van der Waals surface area contributed by atoms with Gasteiger partial charge >= 0.3 is 0 Å². The molecule has 0 aliphatic rings. The number of nitrogens with two attached hydrogens (primary N) is 2. The van der Waals surface area contributed by atoms with E-state index >= 15 is 0 Å². The van der Waals surface area contributed by atoms with Gasteiger partial charge in [0.15, 0.2) is 0 Å². The van der Waals surface area contributed by atoms with E-state index in [4.69, 9.17) is 11.6 Å². The zero-order chi connectivity index (χ0) is 8.27. The normalized spacial score (nSPS) is 7.77. The van der Waals surface area contributed by atoms with E-state index in [0.29, 0.717) is 11.3 Å². The highest BCUT2D eigenvalue weighted by Crippen LogP contribution is 2.05. The molecule has 0 aliphatic carbocycles. The average molecular weight is 224 g/mol. The largest absolute Gasteiger partial charge is 0.399 e. The number of nitrogens with one attached hydrogen (secondary N) is 1. The Morgan fingerprint density at radius 2 is 1.92 bits per heavy atom. The van der Waals surface area contributed by atoms with Gasteiger partial charge in [0.1, 0.15) is 0 Å². The van der Waals surface area contributed by atoms with E-state index in [1.807, 2.05) is 5.43 Å². The number of benzene rings is 1. The van der Waals surface area contributed by atoms with Gasteiger partial charge in [-0.25, -0.2) is 5.84 Å². The smallest absolute Gasteiger partial charge is 0.265 e. The zero-order valence-corrected chi connectivity index (χ0v) is 8.32. The van der Waals surface area contributed by atoms with Crippen molar-refractivity contribution in [3.8, 4) is 0 Å². The van der Waals surface area contributed by atoms with Crippen molar-refractivity contribution in [3.63, 3.8) is 0 Å². The molecule has 0 spiro atoms. The SMILES string of the molecule is Cl.Cl.NNC(=O)c1cccc(N)c1. The van der Waals surface area contributed by atoms with Crippen molar-refractivity contribution in [2.45, 2.75) is 0 Å². The van der Waals surface area contributed by atoms with Crippen LogP contribution in [0.25, 0.3) is 0 Å². The Labute approximate surface area is 88.5 Å². The van der Waals surface area contributed by atoms with Crippen molar-refractivity contribution in [2.24, 2.45) is 5.84 Å². The van der Waals surface area contributed by atoms with Crippen LogP contribution in [-0.2, 0) is 0 Å². The lowest BCUT2D eigenvalue weighted by molar-refractivity contribution is 0.0953. The zero-order valence-electron chi connectivity index (χ0n) is 6.69. The lowest BCUT2D eigenvalue weighted by Crippen LogP contribution is -2.29. The molecule has 13 heavy (non-hydrogen) atoms. The predicted octanol–water partition coefficient (Wildman–Crippen LogP) is 0.716. The first-order valence-corrected chi connectivity index (χ1v) is 3.10. The number of hydrazine groups is 1. The maximum Gasteiger partial charge on any atom is 0.265 e. The number of hydrogen-bond donors (Lipinski definition) is 3. The molecule has 1 rings (SSSR count). The van der Waals surface area contributed by atoms with E-state index in [2.05, 4.69) is 0 Å². The maximum atomic E-state index is 10.9. The molecule has 0 aromatic heterocycles. The minimum absolute atomic E-state index is 0. The minimum Gasteiger partial charge on any atom is -0.399 e. The Balaban J connectivity index is 0. The van der Waals surface area contributed by atoms with Gasteiger partial charge < -0.3 is 5.73 Å². The highest BCUT2D eigenvalue weighted by molar-refractivity contribution is 5.94. The monoisotopic (exact) mass is 223 g/mol. The first-order chi connectivity index (χ1) is 5.24. The van der Waals surface area contributed by atoms with E-state index < -0.39 is 0 Å². The standard InChI is InChI=1S/C7H9N3O.2ClH/c8-6-3-1-2-5(4-6)7(11)10-9;;/h1-4H,8-9H2,(H,10,11);2*1H. The Morgan fingerprint density at radius 3 is 2.38 bits per heavy atom. The third-order valence-electron chi connectivity index (χ3n) is 1.28. The molecule has 1 amide bonds. The number of anilines is 1. The summed E-state index contributed by atoms with van der Waals surface area (Å²) in [4.78, 5) is 10.9. The van der Waals surface area contributed by atoms with Gasteiger partial charge in [0, 0.05) is 11.3 Å². The van der Waals surface area contributed by atoms with Gasteiger partial charge in [0.2, 0.25) is 0 Å². The second-order valence-electron chi connectivity index (χ2n) is 2.10. The number of hydrogen-bond acceptors (Lipinski definition) is 3. The van der Waals surface area contributed by atoms with Crippen molar-refractivity contribution >= 4 is 36.4 Å². The first-order valence-electron chi connectivity index (χ1n) is 3.10. The third-order valence-corrected chi connectivity index (χ3v) is 1.28. The molecule has 0 atom stereocenters. The highest BCUT2D eigenvalue weighted by Gasteiger charge is 2.01. The van der Waals surface area contributed by atoms with Crippen LogP contribution in [0.1, 0.15) is 10.4 Å². The Morgan fingerprint density at radius 1 is 1.31 bits per heavy atom. The number of carbonyl (C=O) groups excluding carboxylic acids is 1. The molecule has 1 aromatic carbocycles. The van der Waals surface area contributed by atoms with E-state index in [-0.39, 0.29) is 30.7 Å². The Hall–Kier alpha value is -0.970. The third kappa shape index (κ3) is 3.98. The Bertz CT molecular complexity index is 280. The van der Waals surface area contributed by atoms with Crippen LogP contribution < -0.4 is 17.0 Å². The number of rotatable bonds is 1. The second-order valence-corrected chi connectivity index (χ2v) is 2.10. The van der Waals surface area contributed by atoms with Crippen LogP contribution >= 0.6 is 24.8 Å². The van der Waals surface area contributed by atoms with Gasteiger partial charge in [0.25, 0.3) is 5.91 Å². The summed E-state index contributed by atoms with van der Waals surface area (Å²) in [7, 11) is 0.